The zero-order valence-corrected chi connectivity index (χ0v) is 15.0. The molecule has 6 heteroatoms. The maximum Gasteiger partial charge on any atom is 0.317 e. The van der Waals surface area contributed by atoms with Crippen LogP contribution in [0.5, 0.6) is 0 Å². The lowest BCUT2D eigenvalue weighted by atomic mass is 10.1. The highest BCUT2D eigenvalue weighted by atomic mass is 16.3. The molecule has 2 atom stereocenters. The topological polar surface area (TPSA) is 68.7 Å². The van der Waals surface area contributed by atoms with Crippen LogP contribution >= 0.6 is 0 Å². The molecular weight excluding hydrogens is 304 g/mol. The molecule has 0 spiro atoms. The monoisotopic (exact) mass is 334 g/mol. The van der Waals surface area contributed by atoms with Crippen LogP contribution in [0, 0.1) is 5.92 Å². The van der Waals surface area contributed by atoms with Gasteiger partial charge in [-0.05, 0) is 38.3 Å². The zero-order chi connectivity index (χ0) is 17.5. The van der Waals surface area contributed by atoms with Gasteiger partial charge in [-0.1, -0.05) is 12.5 Å². The van der Waals surface area contributed by atoms with Crippen LogP contribution in [0.25, 0.3) is 0 Å². The minimum atomic E-state index is -0.267. The number of nitrogens with one attached hydrogen (secondary N) is 1. The third kappa shape index (κ3) is 4.84. The van der Waals surface area contributed by atoms with Gasteiger partial charge in [-0.25, -0.2) is 9.78 Å². The van der Waals surface area contributed by atoms with Gasteiger partial charge in [0, 0.05) is 45.3 Å². The lowest BCUT2D eigenvalue weighted by Crippen LogP contribution is -2.40. The molecule has 0 aromatic carbocycles. The molecule has 6 nitrogen and oxygen atoms in total. The molecule has 1 aliphatic carbocycles. The number of aliphatic hydroxyl groups is 1. The molecule has 2 unspecified atom stereocenters. The summed E-state index contributed by atoms with van der Waals surface area (Å²) in [5.74, 6) is 1.16. The van der Waals surface area contributed by atoms with Crippen molar-refractivity contribution in [3.05, 3.63) is 23.9 Å². The SMILES string of the molecule is CCN(CC)c1ccc(CNC(=O)N(C)CC2CCCC2O)cn1. The van der Waals surface area contributed by atoms with E-state index in [1.54, 1.807) is 11.9 Å². The second kappa shape index (κ2) is 8.87. The Labute approximate surface area is 144 Å². The molecular formula is C18H30N4O2. The third-order valence-corrected chi connectivity index (χ3v) is 4.81. The summed E-state index contributed by atoms with van der Waals surface area (Å²) >= 11 is 0. The molecule has 0 saturated heterocycles. The van der Waals surface area contributed by atoms with Crippen molar-refractivity contribution in [3.8, 4) is 0 Å². The number of hydrogen-bond acceptors (Lipinski definition) is 4. The maximum absolute atomic E-state index is 12.2. The van der Waals surface area contributed by atoms with E-state index in [0.29, 0.717) is 13.1 Å². The summed E-state index contributed by atoms with van der Waals surface area (Å²) in [6, 6.07) is 3.89. The Kier molecular flexibility index (Phi) is 6.85. The first kappa shape index (κ1) is 18.5. The Morgan fingerprint density at radius 3 is 2.62 bits per heavy atom. The summed E-state index contributed by atoms with van der Waals surface area (Å²) in [6.45, 7) is 7.13. The number of carbonyl (C=O) groups is 1. The highest BCUT2D eigenvalue weighted by molar-refractivity contribution is 5.73. The smallest absolute Gasteiger partial charge is 0.317 e. The van der Waals surface area contributed by atoms with Gasteiger partial charge in [0.05, 0.1) is 6.10 Å². The van der Waals surface area contributed by atoms with Crippen LogP contribution in [0.15, 0.2) is 18.3 Å². The van der Waals surface area contributed by atoms with Crippen molar-refractivity contribution in [1.29, 1.82) is 0 Å². The van der Waals surface area contributed by atoms with Crippen LogP contribution in [-0.2, 0) is 6.54 Å². The molecule has 1 aromatic rings. The van der Waals surface area contributed by atoms with Gasteiger partial charge in [0.1, 0.15) is 5.82 Å². The van der Waals surface area contributed by atoms with Gasteiger partial charge in [-0.3, -0.25) is 0 Å². The molecule has 2 amide bonds. The first-order chi connectivity index (χ1) is 11.5. The normalized spacial score (nSPS) is 20.0. The number of aliphatic hydroxyl groups excluding tert-OH is 1. The van der Waals surface area contributed by atoms with Gasteiger partial charge in [-0.2, -0.15) is 0 Å². The summed E-state index contributed by atoms with van der Waals surface area (Å²) in [7, 11) is 1.78. The highest BCUT2D eigenvalue weighted by Gasteiger charge is 2.27. The molecule has 1 aliphatic rings. The average Bonchev–Trinajstić information content (AvgIpc) is 2.99. The fourth-order valence-electron chi connectivity index (χ4n) is 3.23. The van der Waals surface area contributed by atoms with Crippen molar-refractivity contribution in [3.63, 3.8) is 0 Å². The number of hydrogen-bond donors (Lipinski definition) is 2. The van der Waals surface area contributed by atoms with Crippen molar-refractivity contribution >= 4 is 11.8 Å². The molecule has 24 heavy (non-hydrogen) atoms. The minimum absolute atomic E-state index is 0.109. The largest absolute Gasteiger partial charge is 0.393 e. The van der Waals surface area contributed by atoms with Gasteiger partial charge < -0.3 is 20.2 Å². The highest BCUT2D eigenvalue weighted by Crippen LogP contribution is 2.25. The number of carbonyl (C=O) groups excluding carboxylic acids is 1. The fourth-order valence-corrected chi connectivity index (χ4v) is 3.23. The molecule has 1 heterocycles. The second-order valence-electron chi connectivity index (χ2n) is 6.49. The van der Waals surface area contributed by atoms with Crippen LogP contribution < -0.4 is 10.2 Å². The number of aromatic nitrogens is 1. The van der Waals surface area contributed by atoms with E-state index >= 15 is 0 Å². The van der Waals surface area contributed by atoms with E-state index in [4.69, 9.17) is 0 Å². The van der Waals surface area contributed by atoms with E-state index in [9.17, 15) is 9.90 Å². The van der Waals surface area contributed by atoms with Gasteiger partial charge in [-0.15, -0.1) is 0 Å². The molecule has 0 radical (unpaired) electrons. The maximum atomic E-state index is 12.2. The Morgan fingerprint density at radius 1 is 1.33 bits per heavy atom. The van der Waals surface area contributed by atoms with Crippen molar-refractivity contribution < 1.29 is 9.90 Å². The third-order valence-electron chi connectivity index (χ3n) is 4.81. The molecule has 0 aliphatic heterocycles. The standard InChI is InChI=1S/C18H30N4O2/c1-4-22(5-2)17-10-9-14(11-19-17)12-20-18(24)21(3)13-15-7-6-8-16(15)23/h9-11,15-16,23H,4-8,12-13H2,1-3H3,(H,20,24). The summed E-state index contributed by atoms with van der Waals surface area (Å²) < 4.78 is 0. The van der Waals surface area contributed by atoms with Gasteiger partial charge >= 0.3 is 6.03 Å². The van der Waals surface area contributed by atoms with Crippen molar-refractivity contribution in [2.75, 3.05) is 31.6 Å². The van der Waals surface area contributed by atoms with Crippen LogP contribution in [0.3, 0.4) is 0 Å². The van der Waals surface area contributed by atoms with Crippen LogP contribution in [0.1, 0.15) is 38.7 Å². The summed E-state index contributed by atoms with van der Waals surface area (Å²) in [5, 5.41) is 12.8. The number of amides is 2. The van der Waals surface area contributed by atoms with Crippen LogP contribution in [0.2, 0.25) is 0 Å². The predicted octanol–water partition coefficient (Wildman–Crippen LogP) is 2.23. The summed E-state index contributed by atoms with van der Waals surface area (Å²) in [5.41, 5.74) is 0.980. The van der Waals surface area contributed by atoms with Crippen molar-refractivity contribution in [2.24, 2.45) is 5.92 Å². The van der Waals surface area contributed by atoms with E-state index in [0.717, 1.165) is 43.7 Å². The second-order valence-corrected chi connectivity index (χ2v) is 6.49. The Balaban J connectivity index is 1.80. The summed E-state index contributed by atoms with van der Waals surface area (Å²) in [6.07, 6.45) is 4.44. The van der Waals surface area contributed by atoms with Crippen molar-refractivity contribution in [1.82, 2.24) is 15.2 Å². The minimum Gasteiger partial charge on any atom is -0.393 e. The molecule has 1 fully saturated rings. The zero-order valence-electron chi connectivity index (χ0n) is 15.0. The van der Waals surface area contributed by atoms with Crippen molar-refractivity contribution in [2.45, 2.75) is 45.8 Å². The Bertz CT molecular complexity index is 516. The van der Waals surface area contributed by atoms with Gasteiger partial charge in [0.25, 0.3) is 0 Å². The number of rotatable bonds is 7. The van der Waals surface area contributed by atoms with E-state index in [1.807, 2.05) is 18.3 Å². The molecule has 0 bridgehead atoms. The number of pyridine rings is 1. The summed E-state index contributed by atoms with van der Waals surface area (Å²) in [4.78, 5) is 20.5. The first-order valence-electron chi connectivity index (χ1n) is 8.92. The Hall–Kier alpha value is -1.82. The van der Waals surface area contributed by atoms with Gasteiger partial charge in [0.15, 0.2) is 0 Å². The number of urea groups is 1. The lowest BCUT2D eigenvalue weighted by molar-refractivity contribution is 0.114. The average molecular weight is 334 g/mol. The number of nitrogens with zero attached hydrogens (tertiary/aromatic N) is 3. The van der Waals surface area contributed by atoms with Gasteiger partial charge in [0.2, 0.25) is 0 Å². The molecule has 134 valence electrons. The molecule has 2 N–H and O–H groups in total. The predicted molar refractivity (Wildman–Crippen MR) is 96.0 cm³/mol. The first-order valence-corrected chi connectivity index (χ1v) is 8.92. The Morgan fingerprint density at radius 2 is 2.08 bits per heavy atom. The molecule has 1 saturated carbocycles. The van der Waals surface area contributed by atoms with E-state index in [1.165, 1.54) is 0 Å². The molecule has 1 aromatic heterocycles. The fraction of sp³-hybridized carbons (Fsp3) is 0.667. The molecule has 2 rings (SSSR count). The van der Waals surface area contributed by atoms with E-state index in [2.05, 4.69) is 29.0 Å². The lowest BCUT2D eigenvalue weighted by Gasteiger charge is -2.23. The van der Waals surface area contributed by atoms with E-state index in [-0.39, 0.29) is 18.1 Å². The number of anilines is 1. The van der Waals surface area contributed by atoms with Crippen LogP contribution in [0.4, 0.5) is 10.6 Å². The quantitative estimate of drug-likeness (QED) is 0.802. The van der Waals surface area contributed by atoms with E-state index < -0.39 is 0 Å². The van der Waals surface area contributed by atoms with Crippen LogP contribution in [-0.4, -0.2) is 53.8 Å².